The maximum Gasteiger partial charge on any atom is 0.158 e. The predicted molar refractivity (Wildman–Crippen MR) is 68.6 cm³/mol. The second-order valence-corrected chi connectivity index (χ2v) is 5.17. The van der Waals surface area contributed by atoms with Gasteiger partial charge in [-0.2, -0.15) is 0 Å². The van der Waals surface area contributed by atoms with Crippen LogP contribution >= 0.6 is 0 Å². The Kier molecular flexibility index (Phi) is 7.98. The molecular formula is C13H29NO2. The van der Waals surface area contributed by atoms with Gasteiger partial charge in [0.05, 0.1) is 0 Å². The Morgan fingerprint density at radius 1 is 1.06 bits per heavy atom. The highest BCUT2D eigenvalue weighted by Gasteiger charge is 2.19. The molecule has 3 heteroatoms. The monoisotopic (exact) mass is 231 g/mol. The molecule has 0 heterocycles. The molecule has 0 saturated heterocycles. The minimum atomic E-state index is -0.0605. The molecule has 98 valence electrons. The first-order valence-electron chi connectivity index (χ1n) is 6.38. The van der Waals surface area contributed by atoms with Crippen molar-refractivity contribution in [3.05, 3.63) is 0 Å². The molecule has 1 atom stereocenters. The molecule has 0 aromatic rings. The van der Waals surface area contributed by atoms with E-state index in [1.165, 1.54) is 0 Å². The first kappa shape index (κ1) is 15.9. The van der Waals surface area contributed by atoms with Crippen LogP contribution < -0.4 is 5.32 Å². The minimum absolute atomic E-state index is 0.0605. The van der Waals surface area contributed by atoms with Crippen molar-refractivity contribution in [3.63, 3.8) is 0 Å². The van der Waals surface area contributed by atoms with Crippen molar-refractivity contribution in [3.8, 4) is 0 Å². The van der Waals surface area contributed by atoms with E-state index in [0.29, 0.717) is 24.7 Å². The number of hydrogen-bond acceptors (Lipinski definition) is 3. The Labute approximate surface area is 101 Å². The van der Waals surface area contributed by atoms with Crippen LogP contribution in [0, 0.1) is 5.41 Å². The summed E-state index contributed by atoms with van der Waals surface area (Å²) in [6, 6.07) is 0.497. The van der Waals surface area contributed by atoms with E-state index in [2.05, 4.69) is 33.0 Å². The van der Waals surface area contributed by atoms with E-state index in [9.17, 15) is 0 Å². The van der Waals surface area contributed by atoms with Crippen LogP contribution in [0.4, 0.5) is 0 Å². The van der Waals surface area contributed by atoms with Crippen molar-refractivity contribution in [2.24, 2.45) is 5.41 Å². The third-order valence-corrected chi connectivity index (χ3v) is 2.83. The SMILES string of the molecule is CCOC(CCNC(C)C(C)(C)C)OCC. The lowest BCUT2D eigenvalue weighted by Gasteiger charge is -2.29. The average molecular weight is 231 g/mol. The Morgan fingerprint density at radius 3 is 1.94 bits per heavy atom. The van der Waals surface area contributed by atoms with Gasteiger partial charge in [-0.25, -0.2) is 0 Å². The molecule has 0 amide bonds. The zero-order valence-corrected chi connectivity index (χ0v) is 11.8. The fourth-order valence-electron chi connectivity index (χ4n) is 1.31. The lowest BCUT2D eigenvalue weighted by molar-refractivity contribution is -0.139. The summed E-state index contributed by atoms with van der Waals surface area (Å²) in [5.41, 5.74) is 0.298. The highest BCUT2D eigenvalue weighted by Crippen LogP contribution is 2.18. The van der Waals surface area contributed by atoms with E-state index in [-0.39, 0.29) is 6.29 Å². The third-order valence-electron chi connectivity index (χ3n) is 2.83. The van der Waals surface area contributed by atoms with Gasteiger partial charge in [-0.15, -0.1) is 0 Å². The topological polar surface area (TPSA) is 30.5 Å². The summed E-state index contributed by atoms with van der Waals surface area (Å²) < 4.78 is 11.0. The smallest absolute Gasteiger partial charge is 0.158 e. The fraction of sp³-hybridized carbons (Fsp3) is 1.00. The highest BCUT2D eigenvalue weighted by molar-refractivity contribution is 4.75. The van der Waals surface area contributed by atoms with Gasteiger partial charge in [0, 0.05) is 32.2 Å². The first-order valence-corrected chi connectivity index (χ1v) is 6.38. The van der Waals surface area contributed by atoms with Crippen molar-refractivity contribution in [2.45, 2.75) is 60.3 Å². The Hall–Kier alpha value is -0.120. The van der Waals surface area contributed by atoms with Gasteiger partial charge in [0.15, 0.2) is 6.29 Å². The molecule has 0 bridgehead atoms. The van der Waals surface area contributed by atoms with Gasteiger partial charge in [0.1, 0.15) is 0 Å². The molecule has 1 N–H and O–H groups in total. The van der Waals surface area contributed by atoms with Gasteiger partial charge >= 0.3 is 0 Å². The summed E-state index contributed by atoms with van der Waals surface area (Å²) in [5, 5.41) is 3.51. The van der Waals surface area contributed by atoms with E-state index < -0.39 is 0 Å². The zero-order valence-electron chi connectivity index (χ0n) is 11.8. The van der Waals surface area contributed by atoms with Crippen molar-refractivity contribution in [2.75, 3.05) is 19.8 Å². The summed E-state index contributed by atoms with van der Waals surface area (Å²) >= 11 is 0. The lowest BCUT2D eigenvalue weighted by atomic mass is 9.88. The Morgan fingerprint density at radius 2 is 1.56 bits per heavy atom. The zero-order chi connectivity index (χ0) is 12.6. The standard InChI is InChI=1S/C13H29NO2/c1-7-15-12(16-8-2)9-10-14-11(3)13(4,5)6/h11-12,14H,7-10H2,1-6H3. The molecule has 0 aliphatic rings. The van der Waals surface area contributed by atoms with Gasteiger partial charge < -0.3 is 14.8 Å². The summed E-state index contributed by atoms with van der Waals surface area (Å²) in [7, 11) is 0. The lowest BCUT2D eigenvalue weighted by Crippen LogP contribution is -2.39. The largest absolute Gasteiger partial charge is 0.353 e. The number of ether oxygens (including phenoxy) is 2. The molecule has 0 fully saturated rings. The van der Waals surface area contributed by atoms with Crippen LogP contribution in [0.5, 0.6) is 0 Å². The molecule has 0 radical (unpaired) electrons. The molecule has 16 heavy (non-hydrogen) atoms. The van der Waals surface area contributed by atoms with E-state index in [1.54, 1.807) is 0 Å². The number of rotatable bonds is 8. The van der Waals surface area contributed by atoms with Crippen molar-refractivity contribution in [1.82, 2.24) is 5.32 Å². The Balaban J connectivity index is 3.76. The van der Waals surface area contributed by atoms with Crippen LogP contribution in [0.15, 0.2) is 0 Å². The number of hydrogen-bond donors (Lipinski definition) is 1. The normalized spacial score (nSPS) is 14.4. The molecule has 1 unspecified atom stereocenters. The van der Waals surface area contributed by atoms with E-state index >= 15 is 0 Å². The average Bonchev–Trinajstić information content (AvgIpc) is 2.16. The summed E-state index contributed by atoms with van der Waals surface area (Å²) in [6.07, 6.45) is 0.844. The van der Waals surface area contributed by atoms with Gasteiger partial charge in [-0.05, 0) is 26.2 Å². The summed E-state index contributed by atoms with van der Waals surface area (Å²) in [5.74, 6) is 0. The molecule has 0 aliphatic heterocycles. The van der Waals surface area contributed by atoms with Crippen LogP contribution in [0.2, 0.25) is 0 Å². The van der Waals surface area contributed by atoms with Gasteiger partial charge in [-0.3, -0.25) is 0 Å². The number of nitrogens with one attached hydrogen (secondary N) is 1. The van der Waals surface area contributed by atoms with Crippen molar-refractivity contribution < 1.29 is 9.47 Å². The van der Waals surface area contributed by atoms with Crippen molar-refractivity contribution in [1.29, 1.82) is 0 Å². The van der Waals surface area contributed by atoms with Gasteiger partial charge in [0.2, 0.25) is 0 Å². The van der Waals surface area contributed by atoms with Crippen LogP contribution in [0.3, 0.4) is 0 Å². The minimum Gasteiger partial charge on any atom is -0.353 e. The summed E-state index contributed by atoms with van der Waals surface area (Å²) in [4.78, 5) is 0. The maximum atomic E-state index is 5.49. The van der Waals surface area contributed by atoms with E-state index in [0.717, 1.165) is 13.0 Å². The molecular weight excluding hydrogens is 202 g/mol. The van der Waals surface area contributed by atoms with E-state index in [4.69, 9.17) is 9.47 Å². The molecule has 3 nitrogen and oxygen atoms in total. The van der Waals surface area contributed by atoms with Crippen LogP contribution in [-0.2, 0) is 9.47 Å². The quantitative estimate of drug-likeness (QED) is 0.652. The predicted octanol–water partition coefficient (Wildman–Crippen LogP) is 2.80. The molecule has 0 rings (SSSR count). The third kappa shape index (κ3) is 7.20. The van der Waals surface area contributed by atoms with E-state index in [1.807, 2.05) is 13.8 Å². The van der Waals surface area contributed by atoms with Gasteiger partial charge in [-0.1, -0.05) is 20.8 Å². The molecule has 0 spiro atoms. The molecule has 0 aromatic carbocycles. The van der Waals surface area contributed by atoms with Crippen LogP contribution in [0.25, 0.3) is 0 Å². The second kappa shape index (κ2) is 8.04. The van der Waals surface area contributed by atoms with Crippen LogP contribution in [0.1, 0.15) is 48.0 Å². The summed E-state index contributed by atoms with van der Waals surface area (Å²) in [6.45, 7) is 15.3. The first-order chi connectivity index (χ1) is 7.41. The molecule has 0 aliphatic carbocycles. The molecule has 0 saturated carbocycles. The fourth-order valence-corrected chi connectivity index (χ4v) is 1.31. The second-order valence-electron chi connectivity index (χ2n) is 5.17. The van der Waals surface area contributed by atoms with Crippen LogP contribution in [-0.4, -0.2) is 32.1 Å². The molecule has 0 aromatic heterocycles. The maximum absolute atomic E-state index is 5.49. The highest BCUT2D eigenvalue weighted by atomic mass is 16.7. The Bertz CT molecular complexity index is 160. The van der Waals surface area contributed by atoms with Crippen molar-refractivity contribution >= 4 is 0 Å². The van der Waals surface area contributed by atoms with Gasteiger partial charge in [0.25, 0.3) is 0 Å².